The van der Waals surface area contributed by atoms with Crippen molar-refractivity contribution in [3.05, 3.63) is 35.9 Å². The first-order valence-electron chi connectivity index (χ1n) is 6.51. The summed E-state index contributed by atoms with van der Waals surface area (Å²) in [5, 5.41) is 2.98. The summed E-state index contributed by atoms with van der Waals surface area (Å²) in [4.78, 5) is 12.1. The summed E-state index contributed by atoms with van der Waals surface area (Å²) < 4.78 is 0.0478. The molecule has 0 saturated carbocycles. The van der Waals surface area contributed by atoms with E-state index in [1.165, 1.54) is 0 Å². The molecular weight excluding hydrogens is 256 g/mol. The number of carbonyl (C=O) groups is 1. The second kappa shape index (κ2) is 6.96. The summed E-state index contributed by atoms with van der Waals surface area (Å²) >= 11 is 1.74. The molecule has 0 heterocycles. The van der Waals surface area contributed by atoms with Gasteiger partial charge in [-0.1, -0.05) is 37.3 Å². The summed E-state index contributed by atoms with van der Waals surface area (Å²) in [6.07, 6.45) is 2.05. The Labute approximate surface area is 120 Å². The van der Waals surface area contributed by atoms with Crippen molar-refractivity contribution in [3.63, 3.8) is 0 Å². The van der Waals surface area contributed by atoms with E-state index < -0.39 is 0 Å². The summed E-state index contributed by atoms with van der Waals surface area (Å²) in [7, 11) is 0. The van der Waals surface area contributed by atoms with E-state index in [0.717, 1.165) is 5.56 Å². The first kappa shape index (κ1) is 16.1. The fourth-order valence-corrected chi connectivity index (χ4v) is 1.88. The summed E-state index contributed by atoms with van der Waals surface area (Å²) in [6.45, 7) is 6.75. The molecule has 2 atom stereocenters. The van der Waals surface area contributed by atoms with Crippen LogP contribution in [0.1, 0.15) is 32.4 Å². The molecular formula is C15H24N2OS. The highest BCUT2D eigenvalue weighted by molar-refractivity contribution is 7.99. The lowest BCUT2D eigenvalue weighted by Gasteiger charge is -2.25. The van der Waals surface area contributed by atoms with Gasteiger partial charge < -0.3 is 11.1 Å². The Bertz CT molecular complexity index is 406. The highest BCUT2D eigenvalue weighted by atomic mass is 32.2. The highest BCUT2D eigenvalue weighted by Crippen LogP contribution is 2.21. The van der Waals surface area contributed by atoms with Crippen LogP contribution in [-0.4, -0.2) is 23.5 Å². The number of nitrogens with two attached hydrogens (primary N) is 1. The van der Waals surface area contributed by atoms with Crippen molar-refractivity contribution < 1.29 is 4.79 Å². The van der Waals surface area contributed by atoms with Crippen molar-refractivity contribution in [2.24, 2.45) is 11.7 Å². The zero-order valence-corrected chi connectivity index (χ0v) is 13.0. The van der Waals surface area contributed by atoms with E-state index in [1.807, 2.05) is 43.5 Å². The van der Waals surface area contributed by atoms with Crippen LogP contribution in [0, 0.1) is 5.92 Å². The van der Waals surface area contributed by atoms with Crippen molar-refractivity contribution in [2.45, 2.75) is 31.6 Å². The van der Waals surface area contributed by atoms with Gasteiger partial charge in [-0.25, -0.2) is 0 Å². The minimum Gasteiger partial charge on any atom is -0.354 e. The molecule has 0 bridgehead atoms. The Morgan fingerprint density at radius 1 is 1.37 bits per heavy atom. The number of amides is 1. The molecule has 0 aliphatic heterocycles. The molecule has 106 valence electrons. The van der Waals surface area contributed by atoms with Gasteiger partial charge in [0, 0.05) is 17.3 Å². The Balaban J connectivity index is 2.58. The number of rotatable bonds is 6. The van der Waals surface area contributed by atoms with Gasteiger partial charge in [0.05, 0.1) is 5.92 Å². The Hall–Kier alpha value is -1.00. The number of hydrogen-bond donors (Lipinski definition) is 2. The molecule has 0 aliphatic rings. The first-order valence-corrected chi connectivity index (χ1v) is 7.73. The van der Waals surface area contributed by atoms with Gasteiger partial charge in [-0.15, -0.1) is 0 Å². The van der Waals surface area contributed by atoms with Crippen molar-refractivity contribution in [1.82, 2.24) is 5.32 Å². The van der Waals surface area contributed by atoms with Crippen LogP contribution >= 0.6 is 11.8 Å². The fraction of sp³-hybridized carbons (Fsp3) is 0.533. The number of carbonyl (C=O) groups excluding carboxylic acids is 1. The second-order valence-corrected chi connectivity index (χ2v) is 6.92. The van der Waals surface area contributed by atoms with Gasteiger partial charge in [-0.2, -0.15) is 11.8 Å². The molecule has 0 fully saturated rings. The predicted octanol–water partition coefficient (Wildman–Crippen LogP) is 2.58. The smallest absolute Gasteiger partial charge is 0.224 e. The summed E-state index contributed by atoms with van der Waals surface area (Å²) in [6, 6.07) is 9.48. The zero-order valence-electron chi connectivity index (χ0n) is 12.1. The van der Waals surface area contributed by atoms with Crippen molar-refractivity contribution in [2.75, 3.05) is 12.8 Å². The fourth-order valence-electron chi connectivity index (χ4n) is 1.66. The van der Waals surface area contributed by atoms with E-state index in [1.54, 1.807) is 11.8 Å². The number of thioether (sulfide) groups is 1. The third-order valence-electron chi connectivity index (χ3n) is 3.38. The largest absolute Gasteiger partial charge is 0.354 e. The molecule has 4 heteroatoms. The lowest BCUT2D eigenvalue weighted by molar-refractivity contribution is -0.125. The molecule has 3 N–H and O–H groups in total. The monoisotopic (exact) mass is 280 g/mol. The maximum Gasteiger partial charge on any atom is 0.224 e. The van der Waals surface area contributed by atoms with Crippen LogP contribution in [0.15, 0.2) is 30.3 Å². The standard InChI is InChI=1S/C15H24N2OS/c1-11(13(16)12-8-6-5-7-9-12)14(18)17-10-15(2,3)19-4/h5-9,11,13H,10,16H2,1-4H3,(H,17,18). The molecule has 1 aromatic carbocycles. The van der Waals surface area contributed by atoms with Crippen LogP contribution in [0.3, 0.4) is 0 Å². The SMILES string of the molecule is CSC(C)(C)CNC(=O)C(C)C(N)c1ccccc1. The van der Waals surface area contributed by atoms with E-state index >= 15 is 0 Å². The van der Waals surface area contributed by atoms with E-state index in [-0.39, 0.29) is 22.6 Å². The number of benzene rings is 1. The zero-order chi connectivity index (χ0) is 14.5. The van der Waals surface area contributed by atoms with Gasteiger partial charge in [0.2, 0.25) is 5.91 Å². The lowest BCUT2D eigenvalue weighted by Crippen LogP contribution is -2.41. The van der Waals surface area contributed by atoms with Gasteiger partial charge in [-0.05, 0) is 25.7 Å². The molecule has 0 aliphatic carbocycles. The maximum atomic E-state index is 12.1. The quantitative estimate of drug-likeness (QED) is 0.842. The van der Waals surface area contributed by atoms with Crippen LogP contribution in [0.4, 0.5) is 0 Å². The Morgan fingerprint density at radius 3 is 2.47 bits per heavy atom. The Kier molecular flexibility index (Phi) is 5.88. The van der Waals surface area contributed by atoms with Crippen LogP contribution in [0.5, 0.6) is 0 Å². The maximum absolute atomic E-state index is 12.1. The van der Waals surface area contributed by atoms with Crippen LogP contribution < -0.4 is 11.1 Å². The molecule has 0 aromatic heterocycles. The van der Waals surface area contributed by atoms with Gasteiger partial charge in [0.1, 0.15) is 0 Å². The lowest BCUT2D eigenvalue weighted by atomic mass is 9.94. The van der Waals surface area contributed by atoms with E-state index in [9.17, 15) is 4.79 Å². The number of hydrogen-bond acceptors (Lipinski definition) is 3. The highest BCUT2D eigenvalue weighted by Gasteiger charge is 2.24. The van der Waals surface area contributed by atoms with Crippen LogP contribution in [0.2, 0.25) is 0 Å². The van der Waals surface area contributed by atoms with Gasteiger partial charge in [0.15, 0.2) is 0 Å². The molecule has 0 radical (unpaired) electrons. The molecule has 1 rings (SSSR count). The molecule has 0 saturated heterocycles. The topological polar surface area (TPSA) is 55.1 Å². The van der Waals surface area contributed by atoms with Crippen molar-refractivity contribution >= 4 is 17.7 Å². The molecule has 1 aromatic rings. The minimum absolute atomic E-state index is 0.0125. The molecule has 1 amide bonds. The summed E-state index contributed by atoms with van der Waals surface area (Å²) in [5.74, 6) is -0.224. The number of nitrogens with one attached hydrogen (secondary N) is 1. The average Bonchev–Trinajstić information content (AvgIpc) is 2.44. The molecule has 19 heavy (non-hydrogen) atoms. The molecule has 3 nitrogen and oxygen atoms in total. The third kappa shape index (κ3) is 4.88. The van der Waals surface area contributed by atoms with Gasteiger partial charge in [0.25, 0.3) is 0 Å². The normalized spacial score (nSPS) is 14.8. The average molecular weight is 280 g/mol. The van der Waals surface area contributed by atoms with E-state index in [2.05, 4.69) is 19.2 Å². The van der Waals surface area contributed by atoms with E-state index in [4.69, 9.17) is 5.73 Å². The minimum atomic E-state index is -0.265. The van der Waals surface area contributed by atoms with Gasteiger partial charge in [-0.3, -0.25) is 4.79 Å². The van der Waals surface area contributed by atoms with E-state index in [0.29, 0.717) is 6.54 Å². The first-order chi connectivity index (χ1) is 8.87. The Morgan fingerprint density at radius 2 is 1.95 bits per heavy atom. The summed E-state index contributed by atoms with van der Waals surface area (Å²) in [5.41, 5.74) is 7.14. The van der Waals surface area contributed by atoms with Crippen LogP contribution in [-0.2, 0) is 4.79 Å². The third-order valence-corrected chi connectivity index (χ3v) is 4.63. The molecule has 0 spiro atoms. The second-order valence-electron chi connectivity index (χ2n) is 5.41. The van der Waals surface area contributed by atoms with Crippen molar-refractivity contribution in [3.8, 4) is 0 Å². The molecule has 2 unspecified atom stereocenters. The predicted molar refractivity (Wildman–Crippen MR) is 83.1 cm³/mol. The van der Waals surface area contributed by atoms with Gasteiger partial charge >= 0.3 is 0 Å². The van der Waals surface area contributed by atoms with Crippen molar-refractivity contribution in [1.29, 1.82) is 0 Å². The van der Waals surface area contributed by atoms with Crippen LogP contribution in [0.25, 0.3) is 0 Å².